The minimum atomic E-state index is -0.759. The Morgan fingerprint density at radius 2 is 1.87 bits per heavy atom. The fourth-order valence-electron chi connectivity index (χ4n) is 1.84. The molecule has 0 spiro atoms. The third kappa shape index (κ3) is 4.43. The van der Waals surface area contributed by atoms with E-state index in [9.17, 15) is 14.0 Å². The maximum absolute atomic E-state index is 13.6. The van der Waals surface area contributed by atoms with Crippen LogP contribution in [-0.2, 0) is 4.79 Å². The van der Waals surface area contributed by atoms with Crippen LogP contribution in [0.25, 0.3) is 0 Å². The molecule has 0 aromatic heterocycles. The molecule has 0 radical (unpaired) electrons. The smallest absolute Gasteiger partial charge is 0.256 e. The monoisotopic (exact) mass is 354 g/mol. The summed E-state index contributed by atoms with van der Waals surface area (Å²) in [4.78, 5) is 23.7. The number of carbonyl (C=O) groups excluding carboxylic acids is 2. The molecule has 0 aliphatic carbocycles. The maximum atomic E-state index is 13.6. The predicted molar refractivity (Wildman–Crippen MR) is 88.6 cm³/mol. The largest absolute Gasteiger partial charge is 0.343 e. The Bertz CT molecular complexity index is 745. The van der Waals surface area contributed by atoms with Crippen molar-refractivity contribution in [3.8, 4) is 0 Å². The van der Waals surface area contributed by atoms with Gasteiger partial charge in [0, 0.05) is 10.7 Å². The number of amides is 2. The van der Waals surface area contributed by atoms with Gasteiger partial charge in [-0.3, -0.25) is 9.59 Å². The third-order valence-corrected chi connectivity index (χ3v) is 3.78. The molecule has 0 unspecified atom stereocenters. The van der Waals surface area contributed by atoms with Crippen LogP contribution in [0.3, 0.4) is 0 Å². The minimum absolute atomic E-state index is 0.0202. The van der Waals surface area contributed by atoms with Gasteiger partial charge in [-0.25, -0.2) is 4.39 Å². The number of nitrogens with one attached hydrogen (secondary N) is 2. The van der Waals surface area contributed by atoms with Gasteiger partial charge in [-0.05, 0) is 36.8 Å². The fraction of sp³-hybridized carbons (Fsp3) is 0.125. The van der Waals surface area contributed by atoms with E-state index >= 15 is 0 Å². The number of hydrogen-bond acceptors (Lipinski definition) is 2. The van der Waals surface area contributed by atoms with Crippen molar-refractivity contribution in [2.45, 2.75) is 6.92 Å². The predicted octanol–water partition coefficient (Wildman–Crippen LogP) is 3.81. The summed E-state index contributed by atoms with van der Waals surface area (Å²) in [6.07, 6.45) is 0. The second kappa shape index (κ2) is 7.44. The van der Waals surface area contributed by atoms with Crippen LogP contribution in [-0.4, -0.2) is 18.4 Å². The van der Waals surface area contributed by atoms with Gasteiger partial charge in [0.15, 0.2) is 0 Å². The average molecular weight is 355 g/mol. The van der Waals surface area contributed by atoms with Gasteiger partial charge in [0.25, 0.3) is 5.91 Å². The van der Waals surface area contributed by atoms with Crippen LogP contribution in [0.4, 0.5) is 10.1 Å². The lowest BCUT2D eigenvalue weighted by atomic mass is 10.2. The van der Waals surface area contributed by atoms with Gasteiger partial charge >= 0.3 is 0 Å². The first-order chi connectivity index (χ1) is 10.9. The van der Waals surface area contributed by atoms with Crippen molar-refractivity contribution in [2.24, 2.45) is 0 Å². The molecular weight excluding hydrogens is 342 g/mol. The van der Waals surface area contributed by atoms with Gasteiger partial charge in [-0.2, -0.15) is 0 Å². The van der Waals surface area contributed by atoms with Gasteiger partial charge < -0.3 is 10.6 Å². The summed E-state index contributed by atoms with van der Waals surface area (Å²) in [5, 5.41) is 5.40. The van der Waals surface area contributed by atoms with Gasteiger partial charge in [-0.15, -0.1) is 0 Å². The van der Waals surface area contributed by atoms with Crippen molar-refractivity contribution >= 4 is 40.7 Å². The quantitative estimate of drug-likeness (QED) is 0.876. The first kappa shape index (κ1) is 17.2. The van der Waals surface area contributed by atoms with Crippen molar-refractivity contribution in [3.63, 3.8) is 0 Å². The lowest BCUT2D eigenvalue weighted by Crippen LogP contribution is -2.33. The number of anilines is 1. The van der Waals surface area contributed by atoms with Gasteiger partial charge in [-0.1, -0.05) is 35.3 Å². The van der Waals surface area contributed by atoms with Crippen LogP contribution in [0.2, 0.25) is 10.0 Å². The van der Waals surface area contributed by atoms with Crippen LogP contribution >= 0.6 is 23.2 Å². The summed E-state index contributed by atoms with van der Waals surface area (Å²) < 4.78 is 13.6. The van der Waals surface area contributed by atoms with E-state index in [-0.39, 0.29) is 17.1 Å². The molecule has 2 amide bonds. The van der Waals surface area contributed by atoms with E-state index in [1.807, 2.05) is 6.92 Å². The Balaban J connectivity index is 1.96. The molecular formula is C16H13Cl2FN2O2. The van der Waals surface area contributed by atoms with E-state index in [0.717, 1.165) is 11.6 Å². The fourth-order valence-corrected chi connectivity index (χ4v) is 2.27. The number of rotatable bonds is 4. The van der Waals surface area contributed by atoms with Gasteiger partial charge in [0.1, 0.15) is 5.82 Å². The highest BCUT2D eigenvalue weighted by Crippen LogP contribution is 2.20. The summed E-state index contributed by atoms with van der Waals surface area (Å²) in [5.41, 5.74) is 1.09. The summed E-state index contributed by atoms with van der Waals surface area (Å²) in [5.74, 6) is -1.98. The molecule has 23 heavy (non-hydrogen) atoms. The number of benzene rings is 2. The Labute approximate surface area is 142 Å². The molecule has 2 aromatic carbocycles. The molecule has 0 heterocycles. The molecule has 120 valence electrons. The number of carbonyl (C=O) groups is 2. The van der Waals surface area contributed by atoms with Crippen molar-refractivity contribution in [1.29, 1.82) is 0 Å². The SMILES string of the molecule is Cc1ccc(NC(=O)CNC(=O)c2c(F)cccc2Cl)cc1Cl. The zero-order valence-electron chi connectivity index (χ0n) is 12.1. The van der Waals surface area contributed by atoms with Crippen molar-refractivity contribution in [3.05, 3.63) is 63.4 Å². The molecule has 0 atom stereocenters. The summed E-state index contributed by atoms with van der Waals surface area (Å²) in [7, 11) is 0. The van der Waals surface area contributed by atoms with Crippen LogP contribution < -0.4 is 10.6 Å². The van der Waals surface area contributed by atoms with Gasteiger partial charge in [0.2, 0.25) is 5.91 Å². The van der Waals surface area contributed by atoms with Crippen LogP contribution in [0.1, 0.15) is 15.9 Å². The minimum Gasteiger partial charge on any atom is -0.343 e. The Morgan fingerprint density at radius 3 is 2.52 bits per heavy atom. The van der Waals surface area contributed by atoms with Crippen molar-refractivity contribution in [2.75, 3.05) is 11.9 Å². The highest BCUT2D eigenvalue weighted by molar-refractivity contribution is 6.34. The highest BCUT2D eigenvalue weighted by atomic mass is 35.5. The van der Waals surface area contributed by atoms with E-state index < -0.39 is 17.6 Å². The topological polar surface area (TPSA) is 58.2 Å². The molecule has 2 rings (SSSR count). The summed E-state index contributed by atoms with van der Waals surface area (Å²) in [6.45, 7) is 1.52. The molecule has 0 fully saturated rings. The number of aryl methyl sites for hydroxylation is 1. The second-order valence-electron chi connectivity index (χ2n) is 4.79. The molecule has 0 aliphatic rings. The first-order valence-corrected chi connectivity index (χ1v) is 7.42. The zero-order valence-corrected chi connectivity index (χ0v) is 13.6. The molecule has 2 aromatic rings. The van der Waals surface area contributed by atoms with Crippen molar-refractivity contribution in [1.82, 2.24) is 5.32 Å². The van der Waals surface area contributed by atoms with Crippen LogP contribution in [0.15, 0.2) is 36.4 Å². The van der Waals surface area contributed by atoms with Crippen molar-refractivity contribution < 1.29 is 14.0 Å². The molecule has 0 bridgehead atoms. The lowest BCUT2D eigenvalue weighted by Gasteiger charge is -2.09. The van der Waals surface area contributed by atoms with E-state index in [1.165, 1.54) is 12.1 Å². The maximum Gasteiger partial charge on any atom is 0.256 e. The Morgan fingerprint density at radius 1 is 1.13 bits per heavy atom. The number of halogens is 3. The van der Waals surface area contributed by atoms with Crippen LogP contribution in [0.5, 0.6) is 0 Å². The normalized spacial score (nSPS) is 10.3. The molecule has 7 heteroatoms. The number of hydrogen-bond donors (Lipinski definition) is 2. The molecule has 4 nitrogen and oxygen atoms in total. The Hall–Kier alpha value is -2.11. The standard InChI is InChI=1S/C16H13Cl2FN2O2/c1-9-5-6-10(7-12(9)18)21-14(22)8-20-16(23)15-11(17)3-2-4-13(15)19/h2-7H,8H2,1H3,(H,20,23)(H,21,22). The second-order valence-corrected chi connectivity index (χ2v) is 5.61. The highest BCUT2D eigenvalue weighted by Gasteiger charge is 2.16. The average Bonchev–Trinajstić information content (AvgIpc) is 2.49. The summed E-state index contributed by atoms with van der Waals surface area (Å²) in [6, 6.07) is 8.96. The first-order valence-electron chi connectivity index (χ1n) is 6.66. The van der Waals surface area contributed by atoms with E-state index in [4.69, 9.17) is 23.2 Å². The zero-order chi connectivity index (χ0) is 17.0. The molecule has 0 aliphatic heterocycles. The van der Waals surface area contributed by atoms with E-state index in [1.54, 1.807) is 18.2 Å². The third-order valence-electron chi connectivity index (χ3n) is 3.05. The molecule has 0 saturated heterocycles. The van der Waals surface area contributed by atoms with Crippen LogP contribution in [0, 0.1) is 12.7 Å². The lowest BCUT2D eigenvalue weighted by molar-refractivity contribution is -0.115. The van der Waals surface area contributed by atoms with Gasteiger partial charge in [0.05, 0.1) is 17.1 Å². The molecule has 2 N–H and O–H groups in total. The van der Waals surface area contributed by atoms with E-state index in [0.29, 0.717) is 10.7 Å². The summed E-state index contributed by atoms with van der Waals surface area (Å²) >= 11 is 11.7. The Kier molecular flexibility index (Phi) is 5.58. The van der Waals surface area contributed by atoms with E-state index in [2.05, 4.69) is 10.6 Å². The molecule has 0 saturated carbocycles.